The van der Waals surface area contributed by atoms with Crippen molar-refractivity contribution in [3.05, 3.63) is 17.0 Å². The topological polar surface area (TPSA) is 114 Å². The van der Waals surface area contributed by atoms with E-state index in [1.807, 2.05) is 20.8 Å². The van der Waals surface area contributed by atoms with Crippen LogP contribution in [0.5, 0.6) is 0 Å². The summed E-state index contributed by atoms with van der Waals surface area (Å²) in [5.41, 5.74) is 11.2. The largest absolute Gasteiger partial charge is 0.400 e. The van der Waals surface area contributed by atoms with Gasteiger partial charge in [-0.25, -0.2) is 9.97 Å². The van der Waals surface area contributed by atoms with Gasteiger partial charge in [0.15, 0.2) is 0 Å². The molecule has 0 amide bonds. The highest BCUT2D eigenvalue weighted by Crippen LogP contribution is 2.32. The van der Waals surface area contributed by atoms with Crippen molar-refractivity contribution in [3.8, 4) is 11.6 Å². The monoisotopic (exact) mass is 470 g/mol. The summed E-state index contributed by atoms with van der Waals surface area (Å²) < 4.78 is 4.99. The molecule has 186 valence electrons. The van der Waals surface area contributed by atoms with Gasteiger partial charge < -0.3 is 26.0 Å². The number of anilines is 1. The van der Waals surface area contributed by atoms with Gasteiger partial charge in [0.05, 0.1) is 23.6 Å². The Morgan fingerprint density at radius 1 is 1.22 bits per heavy atom. The van der Waals surface area contributed by atoms with Crippen LogP contribution in [0.25, 0.3) is 0 Å². The predicted molar refractivity (Wildman–Crippen MR) is 139 cm³/mol. The molecule has 2 rings (SSSR count). The van der Waals surface area contributed by atoms with E-state index in [-0.39, 0.29) is 0 Å². The van der Waals surface area contributed by atoms with Crippen molar-refractivity contribution >= 4 is 15.2 Å². The Labute approximate surface area is 198 Å². The minimum atomic E-state index is 0.376. The minimum absolute atomic E-state index is 0.376. The lowest BCUT2D eigenvalue weighted by Crippen LogP contribution is -2.13. The lowest BCUT2D eigenvalue weighted by Gasteiger charge is -2.10. The number of aliphatic hydroxyl groups excluding tert-OH is 2. The van der Waals surface area contributed by atoms with Gasteiger partial charge in [0.25, 0.3) is 0 Å². The predicted octanol–water partition coefficient (Wildman–Crippen LogP) is 3.36. The number of nitrogens with zero attached hydrogens (tertiary/aromatic N) is 2. The number of nitrogens with two attached hydrogens (primary N) is 1. The van der Waals surface area contributed by atoms with Gasteiger partial charge in [-0.3, -0.25) is 0 Å². The van der Waals surface area contributed by atoms with Gasteiger partial charge in [-0.05, 0) is 51.0 Å². The molecule has 1 saturated carbocycles. The maximum atomic E-state index is 8.82. The molecule has 3 atom stereocenters. The van der Waals surface area contributed by atoms with Crippen LogP contribution in [-0.2, 0) is 11.2 Å². The van der Waals surface area contributed by atoms with Gasteiger partial charge in [-0.15, -0.1) is 0 Å². The highest BCUT2D eigenvalue weighted by molar-refractivity contribution is 7.23. The number of hydrogen-bond acceptors (Lipinski definition) is 7. The Balaban J connectivity index is 0. The fraction of sp³-hybridized carbons (Fsp3) is 0.750. The molecule has 3 unspecified atom stereocenters. The Morgan fingerprint density at radius 2 is 1.88 bits per heavy atom. The first-order valence-electron chi connectivity index (χ1n) is 11.7. The first-order valence-corrected chi connectivity index (χ1v) is 12.2. The average Bonchev–Trinajstić information content (AvgIpc) is 3.28. The number of rotatable bonds is 9. The van der Waals surface area contributed by atoms with Gasteiger partial charge >= 0.3 is 0 Å². The fourth-order valence-electron chi connectivity index (χ4n) is 3.47. The molecule has 0 radical (unpaired) electrons. The third-order valence-electron chi connectivity index (χ3n) is 4.92. The first-order chi connectivity index (χ1) is 15.6. The highest BCUT2D eigenvalue weighted by atomic mass is 31.0. The molecule has 1 aromatic rings. The van der Waals surface area contributed by atoms with Gasteiger partial charge in [-0.1, -0.05) is 54.4 Å². The van der Waals surface area contributed by atoms with Crippen LogP contribution in [-0.4, -0.2) is 60.7 Å². The summed E-state index contributed by atoms with van der Waals surface area (Å²) in [6.45, 7) is 10.6. The second-order valence-corrected chi connectivity index (χ2v) is 7.49. The Morgan fingerprint density at radius 3 is 2.38 bits per heavy atom. The second-order valence-electron chi connectivity index (χ2n) is 7.20. The van der Waals surface area contributed by atoms with Crippen LogP contribution in [0.15, 0.2) is 0 Å². The van der Waals surface area contributed by atoms with Gasteiger partial charge in [0.1, 0.15) is 0 Å². The van der Waals surface area contributed by atoms with E-state index in [1.54, 1.807) is 7.11 Å². The molecule has 0 bridgehead atoms. The van der Waals surface area contributed by atoms with Crippen LogP contribution in [0.1, 0.15) is 69.8 Å². The van der Waals surface area contributed by atoms with Crippen molar-refractivity contribution in [1.29, 1.82) is 0 Å². The second kappa shape index (κ2) is 22.9. The zero-order valence-corrected chi connectivity index (χ0v) is 22.2. The molecule has 0 aromatic carbocycles. The number of aromatic nitrogens is 2. The number of nitrogens with one attached hydrogen (secondary N) is 1. The molecule has 1 aromatic heterocycles. The standard InChI is InChI=1S/C13H20N3OP.C8H17NO.C2H6.CH4O/c1-4-5-12-11(6-9-18)10(2)15-13(16-12)14-7-8-17-3;9-4-3-7-1-2-8(5-7)6-10;2*1-2/h4-5,7-8,18H2,1-3H3,(H,14,15,16);7-8,10H,1-6,9H2;1-2H3;2H,1H3. The number of aliphatic hydroxyl groups is 2. The third-order valence-corrected chi connectivity index (χ3v) is 5.07. The third kappa shape index (κ3) is 14.0. The minimum Gasteiger partial charge on any atom is -0.400 e. The molecule has 32 heavy (non-hydrogen) atoms. The van der Waals surface area contributed by atoms with Crippen LogP contribution in [0, 0.1) is 30.3 Å². The summed E-state index contributed by atoms with van der Waals surface area (Å²) in [7, 11) is 5.08. The van der Waals surface area contributed by atoms with Crippen molar-refractivity contribution in [3.63, 3.8) is 0 Å². The van der Waals surface area contributed by atoms with Crippen molar-refractivity contribution in [2.45, 2.75) is 66.2 Å². The highest BCUT2D eigenvalue weighted by Gasteiger charge is 2.22. The Bertz CT molecular complexity index is 636. The van der Waals surface area contributed by atoms with E-state index in [1.165, 1.54) is 19.3 Å². The van der Waals surface area contributed by atoms with E-state index < -0.39 is 0 Å². The summed E-state index contributed by atoms with van der Waals surface area (Å²) in [6.07, 6.45) is 6.80. The van der Waals surface area contributed by atoms with Gasteiger partial charge in [0.2, 0.25) is 5.95 Å². The lowest BCUT2D eigenvalue weighted by molar-refractivity contribution is 0.210. The molecular formula is C24H47N4O3P. The summed E-state index contributed by atoms with van der Waals surface area (Å²) in [6, 6.07) is 0. The van der Waals surface area contributed by atoms with E-state index >= 15 is 0 Å². The normalized spacial score (nSPS) is 16.2. The smallest absolute Gasteiger partial charge is 0.223 e. The average molecular weight is 471 g/mol. The van der Waals surface area contributed by atoms with E-state index in [4.69, 9.17) is 20.7 Å². The van der Waals surface area contributed by atoms with Crippen LogP contribution >= 0.6 is 9.24 Å². The van der Waals surface area contributed by atoms with Crippen molar-refractivity contribution in [2.24, 2.45) is 17.6 Å². The Hall–Kier alpha value is -1.29. The number of aryl methyl sites for hydroxylation is 2. The molecule has 7 nitrogen and oxygen atoms in total. The molecular weight excluding hydrogens is 423 g/mol. The van der Waals surface area contributed by atoms with Gasteiger partial charge in [0, 0.05) is 27.4 Å². The SMILES string of the molecule is CC.CCCc1nc(NCCOC)nc(C)c1C#CP.CO.NCCC1CCC(CO)C1. The van der Waals surface area contributed by atoms with Crippen molar-refractivity contribution < 1.29 is 14.9 Å². The van der Waals surface area contributed by atoms with Gasteiger partial charge in [-0.2, -0.15) is 0 Å². The molecule has 1 aliphatic rings. The van der Waals surface area contributed by atoms with Crippen molar-refractivity contribution in [2.75, 3.05) is 45.8 Å². The van der Waals surface area contributed by atoms with Crippen LogP contribution < -0.4 is 11.1 Å². The molecule has 0 spiro atoms. The zero-order valence-electron chi connectivity index (χ0n) is 21.1. The van der Waals surface area contributed by atoms with Crippen molar-refractivity contribution in [1.82, 2.24) is 9.97 Å². The van der Waals surface area contributed by atoms with Crippen LogP contribution in [0.3, 0.4) is 0 Å². The fourth-order valence-corrected chi connectivity index (χ4v) is 3.62. The molecule has 1 aliphatic carbocycles. The zero-order chi connectivity index (χ0) is 24.8. The summed E-state index contributed by atoms with van der Waals surface area (Å²) in [4.78, 5) is 8.94. The summed E-state index contributed by atoms with van der Waals surface area (Å²) >= 11 is 0. The quantitative estimate of drug-likeness (QED) is 0.249. The maximum absolute atomic E-state index is 8.82. The van der Waals surface area contributed by atoms with E-state index in [0.29, 0.717) is 31.6 Å². The molecule has 8 heteroatoms. The molecule has 1 heterocycles. The van der Waals surface area contributed by atoms with E-state index in [2.05, 4.69) is 43.0 Å². The van der Waals surface area contributed by atoms with E-state index in [9.17, 15) is 0 Å². The summed E-state index contributed by atoms with van der Waals surface area (Å²) in [5.74, 6) is 5.10. The van der Waals surface area contributed by atoms with Crippen LogP contribution in [0.2, 0.25) is 0 Å². The summed E-state index contributed by atoms with van der Waals surface area (Å²) in [5, 5.41) is 19.0. The molecule has 0 saturated heterocycles. The first kappa shape index (κ1) is 32.9. The number of hydrogen-bond donors (Lipinski definition) is 4. The Kier molecular flexibility index (Phi) is 23.5. The maximum Gasteiger partial charge on any atom is 0.223 e. The van der Waals surface area contributed by atoms with Crippen LogP contribution in [0.4, 0.5) is 5.95 Å². The number of ether oxygens (including phenoxy) is 1. The lowest BCUT2D eigenvalue weighted by atomic mass is 10.0. The molecule has 1 fully saturated rings. The molecule has 0 aliphatic heterocycles. The molecule has 5 N–H and O–H groups in total. The number of methoxy groups -OCH3 is 1. The van der Waals surface area contributed by atoms with E-state index in [0.717, 1.165) is 55.8 Å².